The monoisotopic (exact) mass is 323 g/mol. The van der Waals surface area contributed by atoms with Crippen LogP contribution in [0.1, 0.15) is 18.9 Å². The van der Waals surface area contributed by atoms with Gasteiger partial charge in [-0.3, -0.25) is 14.3 Å². The average Bonchev–Trinajstić information content (AvgIpc) is 2.38. The first-order chi connectivity index (χ1) is 9.11. The van der Waals surface area contributed by atoms with Gasteiger partial charge in [0.2, 0.25) is 0 Å². The molecule has 0 aliphatic rings. The van der Waals surface area contributed by atoms with Gasteiger partial charge in [-0.2, -0.15) is 0 Å². The summed E-state index contributed by atoms with van der Waals surface area (Å²) in [7, 11) is 0. The molecule has 100 valence electrons. The maximum atomic E-state index is 12.2. The fourth-order valence-corrected chi connectivity index (χ4v) is 2.25. The third-order valence-corrected chi connectivity index (χ3v) is 3.14. The molecule has 0 bridgehead atoms. The Kier molecular flexibility index (Phi) is 4.31. The van der Waals surface area contributed by atoms with Crippen molar-refractivity contribution < 1.29 is 0 Å². The highest BCUT2D eigenvalue weighted by molar-refractivity contribution is 9.10. The van der Waals surface area contributed by atoms with E-state index in [2.05, 4.69) is 20.9 Å². The van der Waals surface area contributed by atoms with Gasteiger partial charge in [-0.05, 0) is 34.0 Å². The van der Waals surface area contributed by atoms with Crippen LogP contribution in [0.2, 0.25) is 0 Å². The normalized spacial score (nSPS) is 10.6. The Hall–Kier alpha value is -1.69. The Morgan fingerprint density at radius 1 is 1.32 bits per heavy atom. The van der Waals surface area contributed by atoms with E-state index in [4.69, 9.17) is 0 Å². The van der Waals surface area contributed by atoms with Crippen molar-refractivity contribution in [3.63, 3.8) is 0 Å². The van der Waals surface area contributed by atoms with E-state index in [1.165, 1.54) is 10.6 Å². The molecule has 0 saturated carbocycles. The van der Waals surface area contributed by atoms with Crippen LogP contribution < -0.4 is 11.2 Å². The zero-order chi connectivity index (χ0) is 13.8. The zero-order valence-electron chi connectivity index (χ0n) is 10.5. The Morgan fingerprint density at radius 3 is 2.79 bits per heavy atom. The second-order valence-corrected chi connectivity index (χ2v) is 5.14. The molecule has 6 heteroatoms. The summed E-state index contributed by atoms with van der Waals surface area (Å²) in [6.07, 6.45) is 5.70. The molecular weight excluding hydrogens is 310 g/mol. The molecular formula is C13H14BrN3O2. The summed E-state index contributed by atoms with van der Waals surface area (Å²) in [6.45, 7) is 2.82. The third kappa shape index (κ3) is 3.20. The highest BCUT2D eigenvalue weighted by Gasteiger charge is 2.06. The third-order valence-electron chi connectivity index (χ3n) is 2.71. The van der Waals surface area contributed by atoms with Crippen molar-refractivity contribution >= 4 is 15.9 Å². The van der Waals surface area contributed by atoms with Crippen molar-refractivity contribution in [2.24, 2.45) is 0 Å². The Labute approximate surface area is 118 Å². The standard InChI is InChI=1S/C13H14BrN3O2/c1-2-4-16-5-3-12(18)17(13(16)19)9-10-6-11(14)8-15-7-10/h3,5-8H,2,4,9H2,1H3. The minimum absolute atomic E-state index is 0.231. The smallest absolute Gasteiger partial charge is 0.300 e. The SMILES string of the molecule is CCCn1ccc(=O)n(Cc2cncc(Br)c2)c1=O. The largest absolute Gasteiger partial charge is 0.331 e. The van der Waals surface area contributed by atoms with Crippen LogP contribution >= 0.6 is 15.9 Å². The summed E-state index contributed by atoms with van der Waals surface area (Å²) in [4.78, 5) is 28.0. The number of pyridine rings is 1. The van der Waals surface area contributed by atoms with Crippen molar-refractivity contribution in [1.29, 1.82) is 0 Å². The second-order valence-electron chi connectivity index (χ2n) is 4.23. The van der Waals surface area contributed by atoms with Gasteiger partial charge >= 0.3 is 5.69 Å². The highest BCUT2D eigenvalue weighted by Crippen LogP contribution is 2.09. The summed E-state index contributed by atoms with van der Waals surface area (Å²) < 4.78 is 3.59. The van der Waals surface area contributed by atoms with E-state index < -0.39 is 0 Å². The van der Waals surface area contributed by atoms with Crippen LogP contribution in [-0.2, 0) is 13.1 Å². The Morgan fingerprint density at radius 2 is 2.11 bits per heavy atom. The van der Waals surface area contributed by atoms with Crippen LogP contribution in [0.4, 0.5) is 0 Å². The maximum absolute atomic E-state index is 12.2. The summed E-state index contributed by atoms with van der Waals surface area (Å²) in [5.41, 5.74) is 0.231. The number of halogens is 1. The molecule has 0 N–H and O–H groups in total. The molecule has 0 aliphatic heterocycles. The van der Waals surface area contributed by atoms with Crippen molar-refractivity contribution in [2.75, 3.05) is 0 Å². The fraction of sp³-hybridized carbons (Fsp3) is 0.308. The van der Waals surface area contributed by atoms with Crippen LogP contribution in [-0.4, -0.2) is 14.1 Å². The lowest BCUT2D eigenvalue weighted by Crippen LogP contribution is -2.39. The topological polar surface area (TPSA) is 56.9 Å². The number of nitrogens with zero attached hydrogens (tertiary/aromatic N) is 3. The molecule has 2 aromatic rings. The van der Waals surface area contributed by atoms with Gasteiger partial charge in [-0.1, -0.05) is 6.92 Å². The van der Waals surface area contributed by atoms with Gasteiger partial charge in [0.1, 0.15) is 0 Å². The molecule has 0 spiro atoms. The number of rotatable bonds is 4. The van der Waals surface area contributed by atoms with Gasteiger partial charge in [-0.15, -0.1) is 0 Å². The lowest BCUT2D eigenvalue weighted by atomic mass is 10.3. The van der Waals surface area contributed by atoms with Crippen molar-refractivity contribution in [3.05, 3.63) is 61.6 Å². The van der Waals surface area contributed by atoms with Crippen molar-refractivity contribution in [1.82, 2.24) is 14.1 Å². The lowest BCUT2D eigenvalue weighted by Gasteiger charge is -2.09. The first kappa shape index (κ1) is 13.7. The van der Waals surface area contributed by atoms with E-state index in [-0.39, 0.29) is 17.8 Å². The van der Waals surface area contributed by atoms with Crippen LogP contribution in [0.15, 0.2) is 44.8 Å². The molecule has 0 aliphatic carbocycles. The van der Waals surface area contributed by atoms with Gasteiger partial charge in [0, 0.05) is 35.7 Å². The zero-order valence-corrected chi connectivity index (χ0v) is 12.1. The minimum Gasteiger partial charge on any atom is -0.300 e. The first-order valence-electron chi connectivity index (χ1n) is 6.01. The highest BCUT2D eigenvalue weighted by atomic mass is 79.9. The molecule has 0 amide bonds. The Balaban J connectivity index is 2.42. The minimum atomic E-state index is -0.294. The summed E-state index contributed by atoms with van der Waals surface area (Å²) >= 11 is 3.32. The van der Waals surface area contributed by atoms with Gasteiger partial charge in [0.25, 0.3) is 5.56 Å². The van der Waals surface area contributed by atoms with Crippen molar-refractivity contribution in [2.45, 2.75) is 26.4 Å². The molecule has 2 rings (SSSR count). The average molecular weight is 324 g/mol. The van der Waals surface area contributed by atoms with Gasteiger partial charge in [0.05, 0.1) is 6.54 Å². The molecule has 0 saturated heterocycles. The molecule has 2 aromatic heterocycles. The molecule has 0 radical (unpaired) electrons. The lowest BCUT2D eigenvalue weighted by molar-refractivity contribution is 0.570. The summed E-state index contributed by atoms with van der Waals surface area (Å²) in [5.74, 6) is 0. The predicted molar refractivity (Wildman–Crippen MR) is 76.3 cm³/mol. The van der Waals surface area contributed by atoms with Gasteiger partial charge < -0.3 is 4.57 Å². The molecule has 19 heavy (non-hydrogen) atoms. The van der Waals surface area contributed by atoms with Crippen LogP contribution in [0, 0.1) is 0 Å². The van der Waals surface area contributed by atoms with Gasteiger partial charge in [-0.25, -0.2) is 4.79 Å². The predicted octanol–water partition coefficient (Wildman–Crippen LogP) is 1.63. The number of aryl methyl sites for hydroxylation is 1. The molecule has 0 unspecified atom stereocenters. The second kappa shape index (κ2) is 5.97. The van der Waals surface area contributed by atoms with E-state index in [1.807, 2.05) is 13.0 Å². The fourth-order valence-electron chi connectivity index (χ4n) is 1.84. The quantitative estimate of drug-likeness (QED) is 0.859. The number of hydrogen-bond acceptors (Lipinski definition) is 3. The van der Waals surface area contributed by atoms with Crippen LogP contribution in [0.25, 0.3) is 0 Å². The number of hydrogen-bond donors (Lipinski definition) is 0. The molecule has 0 fully saturated rings. The maximum Gasteiger partial charge on any atom is 0.331 e. The van der Waals surface area contributed by atoms with E-state index in [0.717, 1.165) is 16.5 Å². The molecule has 2 heterocycles. The summed E-state index contributed by atoms with van der Waals surface area (Å²) in [5, 5.41) is 0. The molecule has 0 aromatic carbocycles. The molecule has 5 nitrogen and oxygen atoms in total. The first-order valence-corrected chi connectivity index (χ1v) is 6.81. The van der Waals surface area contributed by atoms with Gasteiger partial charge in [0.15, 0.2) is 0 Å². The summed E-state index contributed by atoms with van der Waals surface area (Å²) in [6, 6.07) is 3.26. The van der Waals surface area contributed by atoms with E-state index >= 15 is 0 Å². The van der Waals surface area contributed by atoms with Crippen molar-refractivity contribution in [3.8, 4) is 0 Å². The van der Waals surface area contributed by atoms with Crippen LogP contribution in [0.3, 0.4) is 0 Å². The van der Waals surface area contributed by atoms with E-state index in [9.17, 15) is 9.59 Å². The van der Waals surface area contributed by atoms with Crippen LogP contribution in [0.5, 0.6) is 0 Å². The molecule has 0 atom stereocenters. The van der Waals surface area contributed by atoms with E-state index in [1.54, 1.807) is 23.2 Å². The Bertz CT molecular complexity index is 691. The van der Waals surface area contributed by atoms with E-state index in [0.29, 0.717) is 6.54 Å². The number of aromatic nitrogens is 3.